The fourth-order valence-electron chi connectivity index (χ4n) is 1.73. The predicted octanol–water partition coefficient (Wildman–Crippen LogP) is 3.75. The van der Waals surface area contributed by atoms with Gasteiger partial charge in [0.15, 0.2) is 0 Å². The van der Waals surface area contributed by atoms with Crippen LogP contribution >= 0.6 is 0 Å². The van der Waals surface area contributed by atoms with Crippen LogP contribution in [0.5, 0.6) is 0 Å². The van der Waals surface area contributed by atoms with E-state index >= 15 is 0 Å². The zero-order chi connectivity index (χ0) is 14.2. The molecule has 0 radical (unpaired) electrons. The van der Waals surface area contributed by atoms with Crippen molar-refractivity contribution in [3.63, 3.8) is 0 Å². The zero-order valence-corrected chi connectivity index (χ0v) is 11.0. The van der Waals surface area contributed by atoms with Gasteiger partial charge in [-0.05, 0) is 23.3 Å². The van der Waals surface area contributed by atoms with Gasteiger partial charge in [-0.1, -0.05) is 54.2 Å². The van der Waals surface area contributed by atoms with Crippen LogP contribution in [0.25, 0.3) is 6.08 Å². The first-order valence-electron chi connectivity index (χ1n) is 6.19. The highest BCUT2D eigenvalue weighted by atomic mass is 16.6. The summed E-state index contributed by atoms with van der Waals surface area (Å²) in [6.45, 7) is 4.11. The van der Waals surface area contributed by atoms with Gasteiger partial charge in [0, 0.05) is 5.56 Å². The van der Waals surface area contributed by atoms with E-state index in [1.165, 1.54) is 0 Å². The van der Waals surface area contributed by atoms with E-state index in [-0.39, 0.29) is 0 Å². The molecule has 0 aliphatic rings. The number of nitrogens with zero attached hydrogens (tertiary/aromatic N) is 2. The Morgan fingerprint density at radius 1 is 1.20 bits per heavy atom. The van der Waals surface area contributed by atoms with Crippen LogP contribution in [0.1, 0.15) is 22.3 Å². The molecule has 3 nitrogen and oxygen atoms in total. The molecule has 0 fully saturated rings. The van der Waals surface area contributed by atoms with E-state index in [0.29, 0.717) is 12.2 Å². The summed E-state index contributed by atoms with van der Waals surface area (Å²) in [6.07, 6.45) is 3.34. The molecule has 0 unspecified atom stereocenters. The predicted molar refractivity (Wildman–Crippen MR) is 80.1 cm³/mol. The Balaban J connectivity index is 1.97. The lowest BCUT2D eigenvalue weighted by molar-refractivity contribution is 0.132. The van der Waals surface area contributed by atoms with Crippen LogP contribution in [0.3, 0.4) is 0 Å². The average molecular weight is 262 g/mol. The molecule has 0 amide bonds. The Hall–Kier alpha value is -2.86. The molecule has 2 rings (SSSR count). The second-order valence-electron chi connectivity index (χ2n) is 4.16. The van der Waals surface area contributed by atoms with Crippen molar-refractivity contribution in [2.24, 2.45) is 5.16 Å². The third-order valence-electron chi connectivity index (χ3n) is 2.77. The minimum absolute atomic E-state index is 0.382. The molecule has 20 heavy (non-hydrogen) atoms. The van der Waals surface area contributed by atoms with Crippen LogP contribution in [0.4, 0.5) is 0 Å². The van der Waals surface area contributed by atoms with Crippen molar-refractivity contribution in [2.45, 2.75) is 6.61 Å². The third-order valence-corrected chi connectivity index (χ3v) is 2.77. The molecule has 0 N–H and O–H groups in total. The minimum atomic E-state index is 0.382. The molecular formula is C17H14N2O. The average Bonchev–Trinajstić information content (AvgIpc) is 2.52. The number of rotatable bonds is 5. The van der Waals surface area contributed by atoms with Crippen molar-refractivity contribution in [2.75, 3.05) is 0 Å². The largest absolute Gasteiger partial charge is 0.391 e. The molecule has 0 saturated carbocycles. The summed E-state index contributed by atoms with van der Waals surface area (Å²) in [4.78, 5) is 5.25. The molecular weight excluding hydrogens is 248 g/mol. The van der Waals surface area contributed by atoms with E-state index in [0.717, 1.165) is 16.7 Å². The van der Waals surface area contributed by atoms with Crippen molar-refractivity contribution in [1.29, 1.82) is 5.26 Å². The Morgan fingerprint density at radius 2 is 2.05 bits per heavy atom. The molecule has 0 aromatic heterocycles. The fraction of sp³-hybridized carbons (Fsp3) is 0.0588. The summed E-state index contributed by atoms with van der Waals surface area (Å²) >= 11 is 0. The lowest BCUT2D eigenvalue weighted by Gasteiger charge is -2.01. The maximum absolute atomic E-state index is 8.95. The first-order chi connectivity index (χ1) is 9.83. The van der Waals surface area contributed by atoms with Gasteiger partial charge in [0.25, 0.3) is 0 Å². The van der Waals surface area contributed by atoms with E-state index in [1.807, 2.05) is 42.5 Å². The van der Waals surface area contributed by atoms with Gasteiger partial charge in [-0.3, -0.25) is 0 Å². The summed E-state index contributed by atoms with van der Waals surface area (Å²) in [6, 6.07) is 17.2. The quantitative estimate of drug-likeness (QED) is 0.608. The number of oxime groups is 1. The molecule has 2 aromatic carbocycles. The second-order valence-corrected chi connectivity index (χ2v) is 4.16. The smallest absolute Gasteiger partial charge is 0.142 e. The van der Waals surface area contributed by atoms with Crippen molar-refractivity contribution in [3.8, 4) is 6.07 Å². The van der Waals surface area contributed by atoms with Crippen molar-refractivity contribution < 1.29 is 4.84 Å². The van der Waals surface area contributed by atoms with E-state index in [4.69, 9.17) is 10.1 Å². The standard InChI is InChI=1S/C17H14N2O/c1-2-14-6-5-7-15(10-14)13-20-19-12-17-9-4-3-8-16(17)11-18/h2-10,12H,1,13H2. The van der Waals surface area contributed by atoms with Crippen molar-refractivity contribution >= 4 is 12.3 Å². The lowest BCUT2D eigenvalue weighted by Crippen LogP contribution is -1.91. The first kappa shape index (κ1) is 13.6. The second kappa shape index (κ2) is 6.91. The van der Waals surface area contributed by atoms with Gasteiger partial charge in [0.1, 0.15) is 6.61 Å². The van der Waals surface area contributed by atoms with Gasteiger partial charge in [-0.25, -0.2) is 0 Å². The number of nitriles is 1. The van der Waals surface area contributed by atoms with Crippen LogP contribution in [-0.4, -0.2) is 6.21 Å². The highest BCUT2D eigenvalue weighted by Crippen LogP contribution is 2.08. The number of benzene rings is 2. The number of hydrogen-bond donors (Lipinski definition) is 0. The van der Waals surface area contributed by atoms with E-state index in [9.17, 15) is 0 Å². The molecule has 98 valence electrons. The Labute approximate surface area is 118 Å². The molecule has 0 aliphatic carbocycles. The van der Waals surface area contributed by atoms with Gasteiger partial charge in [0.05, 0.1) is 17.8 Å². The topological polar surface area (TPSA) is 45.4 Å². The summed E-state index contributed by atoms with van der Waals surface area (Å²) in [5, 5.41) is 12.8. The highest BCUT2D eigenvalue weighted by molar-refractivity contribution is 5.82. The fourth-order valence-corrected chi connectivity index (χ4v) is 1.73. The summed E-state index contributed by atoms with van der Waals surface area (Å²) < 4.78 is 0. The molecule has 0 atom stereocenters. The van der Waals surface area contributed by atoms with Gasteiger partial charge < -0.3 is 4.84 Å². The minimum Gasteiger partial charge on any atom is -0.391 e. The molecule has 0 bridgehead atoms. The van der Waals surface area contributed by atoms with E-state index < -0.39 is 0 Å². The molecule has 0 spiro atoms. The van der Waals surface area contributed by atoms with Crippen molar-refractivity contribution in [3.05, 3.63) is 77.4 Å². The van der Waals surface area contributed by atoms with Crippen LogP contribution < -0.4 is 0 Å². The summed E-state index contributed by atoms with van der Waals surface area (Å²) in [5.74, 6) is 0. The first-order valence-corrected chi connectivity index (χ1v) is 6.19. The summed E-state index contributed by atoms with van der Waals surface area (Å²) in [5.41, 5.74) is 3.39. The number of hydrogen-bond acceptors (Lipinski definition) is 3. The molecule has 0 heterocycles. The lowest BCUT2D eigenvalue weighted by atomic mass is 10.1. The third kappa shape index (κ3) is 3.56. The maximum atomic E-state index is 8.95. The maximum Gasteiger partial charge on any atom is 0.142 e. The van der Waals surface area contributed by atoms with Gasteiger partial charge in [0.2, 0.25) is 0 Å². The molecule has 0 saturated heterocycles. The van der Waals surface area contributed by atoms with Gasteiger partial charge in [-0.15, -0.1) is 0 Å². The van der Waals surface area contributed by atoms with Crippen molar-refractivity contribution in [1.82, 2.24) is 0 Å². The van der Waals surface area contributed by atoms with Crippen LogP contribution in [-0.2, 0) is 11.4 Å². The molecule has 3 heteroatoms. The van der Waals surface area contributed by atoms with Gasteiger partial charge in [-0.2, -0.15) is 5.26 Å². The normalized spacial score (nSPS) is 10.2. The van der Waals surface area contributed by atoms with Crippen LogP contribution in [0.15, 0.2) is 60.3 Å². The monoisotopic (exact) mass is 262 g/mol. The van der Waals surface area contributed by atoms with Crippen LogP contribution in [0, 0.1) is 11.3 Å². The molecule has 0 aliphatic heterocycles. The van der Waals surface area contributed by atoms with Crippen LogP contribution in [0.2, 0.25) is 0 Å². The van der Waals surface area contributed by atoms with Gasteiger partial charge >= 0.3 is 0 Å². The van der Waals surface area contributed by atoms with E-state index in [1.54, 1.807) is 18.4 Å². The highest BCUT2D eigenvalue weighted by Gasteiger charge is 1.97. The summed E-state index contributed by atoms with van der Waals surface area (Å²) in [7, 11) is 0. The SMILES string of the molecule is C=Cc1cccc(CON=Cc2ccccc2C#N)c1. The zero-order valence-electron chi connectivity index (χ0n) is 11.0. The van der Waals surface area contributed by atoms with E-state index in [2.05, 4.69) is 17.8 Å². The molecule has 2 aromatic rings. The Morgan fingerprint density at radius 3 is 2.85 bits per heavy atom. The Kier molecular flexibility index (Phi) is 4.69. The Bertz CT molecular complexity index is 669.